The highest BCUT2D eigenvalue weighted by Gasteiger charge is 2.23. The molecule has 3 rings (SSSR count). The smallest absolute Gasteiger partial charge is 0.222 e. The number of nitrogens with zero attached hydrogens (tertiary/aromatic N) is 3. The molecular weight excluding hydrogens is 326 g/mol. The molecule has 1 amide bonds. The van der Waals surface area contributed by atoms with E-state index < -0.39 is 0 Å². The largest absolute Gasteiger partial charge is 0.465 e. The van der Waals surface area contributed by atoms with E-state index in [9.17, 15) is 4.79 Å². The van der Waals surface area contributed by atoms with Gasteiger partial charge in [0.1, 0.15) is 11.5 Å². The van der Waals surface area contributed by atoms with E-state index in [0.717, 1.165) is 83.1 Å². The van der Waals surface area contributed by atoms with Crippen molar-refractivity contribution < 1.29 is 9.21 Å². The first-order chi connectivity index (χ1) is 12.7. The van der Waals surface area contributed by atoms with Gasteiger partial charge in [-0.15, -0.1) is 0 Å². The van der Waals surface area contributed by atoms with Crippen molar-refractivity contribution in [1.82, 2.24) is 14.7 Å². The molecule has 1 aromatic heterocycles. The highest BCUT2D eigenvalue weighted by molar-refractivity contribution is 5.76. The third-order valence-electron chi connectivity index (χ3n) is 6.09. The maximum absolute atomic E-state index is 12.5. The van der Waals surface area contributed by atoms with Crippen LogP contribution in [0.2, 0.25) is 0 Å². The fourth-order valence-electron chi connectivity index (χ4n) is 4.15. The minimum atomic E-state index is 0.367. The molecule has 0 bridgehead atoms. The minimum absolute atomic E-state index is 0.367. The Morgan fingerprint density at radius 3 is 2.31 bits per heavy atom. The van der Waals surface area contributed by atoms with E-state index in [-0.39, 0.29) is 0 Å². The Bertz CT molecular complexity index is 555. The maximum Gasteiger partial charge on any atom is 0.222 e. The summed E-state index contributed by atoms with van der Waals surface area (Å²) in [6.45, 7) is 12.5. The van der Waals surface area contributed by atoms with Crippen LogP contribution in [0.5, 0.6) is 0 Å². The predicted octanol–water partition coefficient (Wildman–Crippen LogP) is 3.00. The van der Waals surface area contributed by atoms with Crippen molar-refractivity contribution in [3.05, 3.63) is 23.7 Å². The van der Waals surface area contributed by atoms with Gasteiger partial charge in [0, 0.05) is 39.0 Å². The van der Waals surface area contributed by atoms with Crippen molar-refractivity contribution in [2.75, 3.05) is 45.8 Å². The van der Waals surface area contributed by atoms with Crippen molar-refractivity contribution in [1.29, 1.82) is 0 Å². The molecule has 0 spiro atoms. The summed E-state index contributed by atoms with van der Waals surface area (Å²) in [5.41, 5.74) is 0. The zero-order valence-electron chi connectivity index (χ0n) is 16.6. The minimum Gasteiger partial charge on any atom is -0.465 e. The number of amides is 1. The Morgan fingerprint density at radius 1 is 1.00 bits per heavy atom. The maximum atomic E-state index is 12.5. The fourth-order valence-corrected chi connectivity index (χ4v) is 4.15. The first-order valence-electron chi connectivity index (χ1n) is 10.5. The summed E-state index contributed by atoms with van der Waals surface area (Å²) >= 11 is 0. The summed E-state index contributed by atoms with van der Waals surface area (Å²) in [6, 6.07) is 4.20. The van der Waals surface area contributed by atoms with E-state index in [4.69, 9.17) is 4.42 Å². The summed E-state index contributed by atoms with van der Waals surface area (Å²) in [5.74, 6) is 3.23. The number of carbonyl (C=O) groups is 1. The van der Waals surface area contributed by atoms with Gasteiger partial charge >= 0.3 is 0 Å². The van der Waals surface area contributed by atoms with Crippen LogP contribution < -0.4 is 0 Å². The van der Waals surface area contributed by atoms with E-state index in [1.165, 1.54) is 12.8 Å². The lowest BCUT2D eigenvalue weighted by Gasteiger charge is -2.35. The molecule has 2 fully saturated rings. The molecule has 3 heterocycles. The highest BCUT2D eigenvalue weighted by atomic mass is 16.3. The van der Waals surface area contributed by atoms with Crippen molar-refractivity contribution in [2.45, 2.75) is 52.5 Å². The molecule has 0 radical (unpaired) electrons. The van der Waals surface area contributed by atoms with Crippen molar-refractivity contribution in [3.8, 4) is 0 Å². The van der Waals surface area contributed by atoms with Gasteiger partial charge in [0.15, 0.2) is 0 Å². The summed E-state index contributed by atoms with van der Waals surface area (Å²) in [4.78, 5) is 19.4. The normalized spacial score (nSPS) is 20.6. The summed E-state index contributed by atoms with van der Waals surface area (Å²) in [7, 11) is 0. The number of hydrogen-bond donors (Lipinski definition) is 0. The zero-order chi connectivity index (χ0) is 18.4. The molecule has 146 valence electrons. The number of aryl methyl sites for hydroxylation is 1. The molecule has 26 heavy (non-hydrogen) atoms. The van der Waals surface area contributed by atoms with Gasteiger partial charge in [-0.3, -0.25) is 9.69 Å². The lowest BCUT2D eigenvalue weighted by molar-refractivity contribution is -0.133. The molecule has 0 unspecified atom stereocenters. The topological polar surface area (TPSA) is 39.9 Å². The van der Waals surface area contributed by atoms with E-state index in [2.05, 4.69) is 40.7 Å². The lowest BCUT2D eigenvalue weighted by Crippen LogP contribution is -2.48. The molecule has 5 nitrogen and oxygen atoms in total. The average molecular weight is 362 g/mol. The number of rotatable bonds is 7. The van der Waals surface area contributed by atoms with Crippen LogP contribution in [-0.4, -0.2) is 66.4 Å². The SMILES string of the molecule is CCc1ccc(CN2CCC(CCC(=O)N3CCN(CC)CC3)CC2)o1. The average Bonchev–Trinajstić information content (AvgIpc) is 3.15. The van der Waals surface area contributed by atoms with Crippen LogP contribution >= 0.6 is 0 Å². The zero-order valence-corrected chi connectivity index (χ0v) is 16.6. The Kier molecular flexibility index (Phi) is 7.15. The number of furan rings is 1. The van der Waals surface area contributed by atoms with E-state index in [1.54, 1.807) is 0 Å². The van der Waals surface area contributed by atoms with E-state index in [0.29, 0.717) is 11.8 Å². The van der Waals surface area contributed by atoms with Crippen LogP contribution in [0.15, 0.2) is 16.5 Å². The molecule has 0 N–H and O–H groups in total. The van der Waals surface area contributed by atoms with Crippen LogP contribution in [0.1, 0.15) is 51.1 Å². The highest BCUT2D eigenvalue weighted by Crippen LogP contribution is 2.24. The molecule has 0 aromatic carbocycles. The second-order valence-electron chi connectivity index (χ2n) is 7.79. The third kappa shape index (κ3) is 5.34. The molecule has 0 atom stereocenters. The third-order valence-corrected chi connectivity index (χ3v) is 6.09. The Balaban J connectivity index is 1.33. The van der Waals surface area contributed by atoms with Crippen LogP contribution in [-0.2, 0) is 17.8 Å². The van der Waals surface area contributed by atoms with Gasteiger partial charge < -0.3 is 14.2 Å². The summed E-state index contributed by atoms with van der Waals surface area (Å²) in [5, 5.41) is 0. The number of likely N-dealkylation sites (N-methyl/N-ethyl adjacent to an activating group) is 1. The second kappa shape index (κ2) is 9.56. The van der Waals surface area contributed by atoms with E-state index in [1.807, 2.05) is 0 Å². The number of hydrogen-bond acceptors (Lipinski definition) is 4. The van der Waals surface area contributed by atoms with Crippen molar-refractivity contribution >= 4 is 5.91 Å². The van der Waals surface area contributed by atoms with Crippen LogP contribution in [0.25, 0.3) is 0 Å². The van der Waals surface area contributed by atoms with Crippen molar-refractivity contribution in [3.63, 3.8) is 0 Å². The monoisotopic (exact) mass is 361 g/mol. The predicted molar refractivity (Wildman–Crippen MR) is 104 cm³/mol. The molecule has 0 saturated carbocycles. The van der Waals surface area contributed by atoms with Gasteiger partial charge in [-0.2, -0.15) is 0 Å². The quantitative estimate of drug-likeness (QED) is 0.748. The first-order valence-corrected chi connectivity index (χ1v) is 10.5. The van der Waals surface area contributed by atoms with Gasteiger partial charge in [-0.25, -0.2) is 0 Å². The van der Waals surface area contributed by atoms with Gasteiger partial charge in [0.2, 0.25) is 5.91 Å². The van der Waals surface area contributed by atoms with Gasteiger partial charge in [-0.05, 0) is 56.9 Å². The second-order valence-corrected chi connectivity index (χ2v) is 7.79. The molecule has 1 aromatic rings. The molecule has 0 aliphatic carbocycles. The number of piperidine rings is 1. The number of carbonyl (C=O) groups excluding carboxylic acids is 1. The first kappa shape index (κ1) is 19.4. The summed E-state index contributed by atoms with van der Waals surface area (Å²) in [6.07, 6.45) is 5.16. The molecule has 2 aliphatic heterocycles. The molecular formula is C21H35N3O2. The number of piperazine rings is 1. The van der Waals surface area contributed by atoms with Gasteiger partial charge in [-0.1, -0.05) is 13.8 Å². The summed E-state index contributed by atoms with van der Waals surface area (Å²) < 4.78 is 5.83. The molecule has 5 heteroatoms. The Labute approximate surface area is 158 Å². The number of likely N-dealkylation sites (tertiary alicyclic amines) is 1. The van der Waals surface area contributed by atoms with Gasteiger partial charge in [0.05, 0.1) is 6.54 Å². The van der Waals surface area contributed by atoms with E-state index >= 15 is 0 Å². The Hall–Kier alpha value is -1.33. The van der Waals surface area contributed by atoms with Crippen LogP contribution in [0, 0.1) is 5.92 Å². The van der Waals surface area contributed by atoms with Crippen LogP contribution in [0.3, 0.4) is 0 Å². The molecule has 2 saturated heterocycles. The standard InChI is InChI=1S/C21H35N3O2/c1-3-19-6-7-20(26-19)17-23-11-9-18(10-12-23)5-8-21(25)24-15-13-22(4-2)14-16-24/h6-7,18H,3-5,8-17H2,1-2H3. The lowest BCUT2D eigenvalue weighted by atomic mass is 9.92. The molecule has 2 aliphatic rings. The van der Waals surface area contributed by atoms with Crippen LogP contribution in [0.4, 0.5) is 0 Å². The van der Waals surface area contributed by atoms with Crippen molar-refractivity contribution in [2.24, 2.45) is 5.92 Å². The van der Waals surface area contributed by atoms with Gasteiger partial charge in [0.25, 0.3) is 0 Å². The fraction of sp³-hybridized carbons (Fsp3) is 0.762. The Morgan fingerprint density at radius 2 is 1.69 bits per heavy atom.